The molecule has 3 nitrogen and oxygen atoms in total. The molecule has 0 unspecified atom stereocenters. The van der Waals surface area contributed by atoms with Crippen LogP contribution in [0.3, 0.4) is 0 Å². The van der Waals surface area contributed by atoms with Crippen LogP contribution in [0.2, 0.25) is 0 Å². The summed E-state index contributed by atoms with van der Waals surface area (Å²) in [5.41, 5.74) is 2.12. The predicted octanol–water partition coefficient (Wildman–Crippen LogP) is 4.24. The quantitative estimate of drug-likeness (QED) is 0.793. The summed E-state index contributed by atoms with van der Waals surface area (Å²) in [6.07, 6.45) is 0.650. The summed E-state index contributed by atoms with van der Waals surface area (Å²) < 4.78 is 5.40. The fourth-order valence-corrected chi connectivity index (χ4v) is 2.12. The Morgan fingerprint density at radius 2 is 1.52 bits per heavy atom. The maximum Gasteiger partial charge on any atom is 0.410 e. The number of nitrogens with zero attached hydrogens (tertiary/aromatic N) is 1. The van der Waals surface area contributed by atoms with Crippen LogP contribution in [-0.2, 0) is 17.9 Å². The Hall–Kier alpha value is -2.29. The van der Waals surface area contributed by atoms with E-state index >= 15 is 0 Å². The van der Waals surface area contributed by atoms with E-state index in [0.717, 1.165) is 17.5 Å². The molecule has 0 atom stereocenters. The molecule has 2 aromatic rings. The van der Waals surface area contributed by atoms with Crippen molar-refractivity contribution in [2.24, 2.45) is 0 Å². The summed E-state index contributed by atoms with van der Waals surface area (Å²) in [6, 6.07) is 19.7. The molecule has 0 N–H and O–H groups in total. The number of carbonyl (C=O) groups excluding carboxylic acids is 1. The second kappa shape index (κ2) is 8.10. The molecule has 3 heteroatoms. The fourth-order valence-electron chi connectivity index (χ4n) is 2.12. The van der Waals surface area contributed by atoms with Crippen molar-refractivity contribution < 1.29 is 9.53 Å². The van der Waals surface area contributed by atoms with Crippen LogP contribution in [0.5, 0.6) is 0 Å². The minimum atomic E-state index is -0.260. The number of hydrogen-bond donors (Lipinski definition) is 0. The molecular weight excluding hydrogens is 262 g/mol. The summed E-state index contributed by atoms with van der Waals surface area (Å²) in [4.78, 5) is 14.0. The highest BCUT2D eigenvalue weighted by molar-refractivity contribution is 5.67. The van der Waals surface area contributed by atoms with Gasteiger partial charge in [0.25, 0.3) is 0 Å². The molecule has 0 radical (unpaired) electrons. The van der Waals surface area contributed by atoms with Crippen molar-refractivity contribution in [3.8, 4) is 0 Å². The van der Waals surface area contributed by atoms with Crippen LogP contribution >= 0.6 is 0 Å². The minimum absolute atomic E-state index is 0.260. The second-order valence-corrected chi connectivity index (χ2v) is 4.95. The van der Waals surface area contributed by atoms with Crippen LogP contribution in [0.25, 0.3) is 0 Å². The third kappa shape index (κ3) is 4.95. The Kier molecular flexibility index (Phi) is 5.83. The van der Waals surface area contributed by atoms with E-state index in [-0.39, 0.29) is 6.09 Å². The number of amides is 1. The van der Waals surface area contributed by atoms with Crippen LogP contribution in [0.1, 0.15) is 24.5 Å². The van der Waals surface area contributed by atoms with Crippen molar-refractivity contribution >= 4 is 6.09 Å². The topological polar surface area (TPSA) is 29.5 Å². The maximum atomic E-state index is 12.2. The summed E-state index contributed by atoms with van der Waals surface area (Å²) in [6.45, 7) is 3.65. The zero-order valence-corrected chi connectivity index (χ0v) is 12.4. The van der Waals surface area contributed by atoms with Gasteiger partial charge in [-0.3, -0.25) is 0 Å². The first-order valence-electron chi connectivity index (χ1n) is 7.29. The van der Waals surface area contributed by atoms with Gasteiger partial charge >= 0.3 is 6.09 Å². The normalized spacial score (nSPS) is 10.1. The number of benzene rings is 2. The summed E-state index contributed by atoms with van der Waals surface area (Å²) in [7, 11) is 0. The second-order valence-electron chi connectivity index (χ2n) is 4.95. The van der Waals surface area contributed by atoms with Gasteiger partial charge in [0.05, 0.1) is 0 Å². The van der Waals surface area contributed by atoms with Crippen molar-refractivity contribution in [2.75, 3.05) is 6.54 Å². The van der Waals surface area contributed by atoms with E-state index in [4.69, 9.17) is 4.74 Å². The fraction of sp³-hybridized carbons (Fsp3) is 0.278. The molecule has 0 aliphatic heterocycles. The third-order valence-corrected chi connectivity index (χ3v) is 3.17. The predicted molar refractivity (Wildman–Crippen MR) is 83.8 cm³/mol. The molecule has 0 aromatic heterocycles. The molecule has 2 aromatic carbocycles. The lowest BCUT2D eigenvalue weighted by Crippen LogP contribution is -2.31. The van der Waals surface area contributed by atoms with Gasteiger partial charge in [0.15, 0.2) is 0 Å². The molecule has 0 fully saturated rings. The standard InChI is InChI=1S/C18H21NO2/c1-2-13-19(14-16-9-5-3-6-10-16)18(20)21-15-17-11-7-4-8-12-17/h3-12H,2,13-15H2,1H3. The van der Waals surface area contributed by atoms with Gasteiger partial charge in [-0.25, -0.2) is 4.79 Å². The van der Waals surface area contributed by atoms with E-state index in [9.17, 15) is 4.79 Å². The molecule has 21 heavy (non-hydrogen) atoms. The van der Waals surface area contributed by atoms with Gasteiger partial charge in [-0.05, 0) is 17.5 Å². The van der Waals surface area contributed by atoms with E-state index in [2.05, 4.69) is 6.92 Å². The van der Waals surface area contributed by atoms with Crippen molar-refractivity contribution in [1.29, 1.82) is 0 Å². The van der Waals surface area contributed by atoms with Gasteiger partial charge in [-0.15, -0.1) is 0 Å². The first-order valence-corrected chi connectivity index (χ1v) is 7.29. The van der Waals surface area contributed by atoms with Gasteiger partial charge in [0, 0.05) is 13.1 Å². The Morgan fingerprint density at radius 1 is 0.952 bits per heavy atom. The summed E-state index contributed by atoms with van der Waals surface area (Å²) in [5, 5.41) is 0. The van der Waals surface area contributed by atoms with Gasteiger partial charge in [-0.2, -0.15) is 0 Å². The number of rotatable bonds is 6. The molecule has 2 rings (SSSR count). The van der Waals surface area contributed by atoms with Crippen LogP contribution in [-0.4, -0.2) is 17.5 Å². The molecule has 0 heterocycles. The minimum Gasteiger partial charge on any atom is -0.445 e. The van der Waals surface area contributed by atoms with Crippen molar-refractivity contribution in [1.82, 2.24) is 4.90 Å². The number of hydrogen-bond acceptors (Lipinski definition) is 2. The largest absolute Gasteiger partial charge is 0.445 e. The summed E-state index contributed by atoms with van der Waals surface area (Å²) in [5.74, 6) is 0. The van der Waals surface area contributed by atoms with Crippen molar-refractivity contribution in [3.63, 3.8) is 0 Å². The monoisotopic (exact) mass is 283 g/mol. The number of ether oxygens (including phenoxy) is 1. The average Bonchev–Trinajstić information content (AvgIpc) is 2.54. The van der Waals surface area contributed by atoms with E-state index < -0.39 is 0 Å². The molecule has 110 valence electrons. The van der Waals surface area contributed by atoms with Gasteiger partial charge in [0.2, 0.25) is 0 Å². The highest BCUT2D eigenvalue weighted by Gasteiger charge is 2.14. The zero-order chi connectivity index (χ0) is 14.9. The Labute approximate surface area is 126 Å². The van der Waals surface area contributed by atoms with Crippen LogP contribution in [0.15, 0.2) is 60.7 Å². The Bertz CT molecular complexity index is 540. The van der Waals surface area contributed by atoms with Gasteiger partial charge in [0.1, 0.15) is 6.61 Å². The van der Waals surface area contributed by atoms with E-state index in [1.807, 2.05) is 60.7 Å². The molecule has 0 aliphatic rings. The molecule has 0 aliphatic carbocycles. The number of carbonyl (C=O) groups is 1. The lowest BCUT2D eigenvalue weighted by Gasteiger charge is -2.21. The molecule has 0 spiro atoms. The molecular formula is C18H21NO2. The van der Waals surface area contributed by atoms with Crippen molar-refractivity contribution in [2.45, 2.75) is 26.5 Å². The van der Waals surface area contributed by atoms with E-state index in [1.54, 1.807) is 4.90 Å². The SMILES string of the molecule is CCCN(Cc1ccccc1)C(=O)OCc1ccccc1. The zero-order valence-electron chi connectivity index (χ0n) is 12.4. The van der Waals surface area contributed by atoms with Gasteiger partial charge in [-0.1, -0.05) is 67.6 Å². The lowest BCUT2D eigenvalue weighted by atomic mass is 10.2. The van der Waals surface area contributed by atoms with E-state index in [0.29, 0.717) is 19.7 Å². The molecule has 0 saturated heterocycles. The lowest BCUT2D eigenvalue weighted by molar-refractivity contribution is 0.0936. The highest BCUT2D eigenvalue weighted by Crippen LogP contribution is 2.09. The van der Waals surface area contributed by atoms with Crippen molar-refractivity contribution in [3.05, 3.63) is 71.8 Å². The Balaban J connectivity index is 1.92. The van der Waals surface area contributed by atoms with Crippen LogP contribution in [0.4, 0.5) is 4.79 Å². The first-order chi connectivity index (χ1) is 10.3. The molecule has 1 amide bonds. The average molecular weight is 283 g/mol. The smallest absolute Gasteiger partial charge is 0.410 e. The maximum absolute atomic E-state index is 12.2. The molecule has 0 bridgehead atoms. The van der Waals surface area contributed by atoms with E-state index in [1.165, 1.54) is 0 Å². The van der Waals surface area contributed by atoms with Crippen LogP contribution < -0.4 is 0 Å². The third-order valence-electron chi connectivity index (χ3n) is 3.17. The summed E-state index contributed by atoms with van der Waals surface area (Å²) >= 11 is 0. The molecule has 0 saturated carbocycles. The Morgan fingerprint density at radius 3 is 2.10 bits per heavy atom. The van der Waals surface area contributed by atoms with Crippen LogP contribution in [0, 0.1) is 0 Å². The first kappa shape index (κ1) is 15.1. The highest BCUT2D eigenvalue weighted by atomic mass is 16.6. The van der Waals surface area contributed by atoms with Gasteiger partial charge < -0.3 is 9.64 Å².